The van der Waals surface area contributed by atoms with E-state index in [2.05, 4.69) is 0 Å². The largest absolute Gasteiger partial charge is 0.487 e. The Morgan fingerprint density at radius 2 is 2.12 bits per heavy atom. The van der Waals surface area contributed by atoms with E-state index in [9.17, 15) is 4.39 Å². The van der Waals surface area contributed by atoms with Gasteiger partial charge in [0.25, 0.3) is 0 Å². The summed E-state index contributed by atoms with van der Waals surface area (Å²) < 4.78 is 19.4. The highest BCUT2D eigenvalue weighted by molar-refractivity contribution is 5.40. The van der Waals surface area contributed by atoms with Crippen molar-refractivity contribution in [2.45, 2.75) is 43.6 Å². The van der Waals surface area contributed by atoms with Crippen molar-refractivity contribution in [3.8, 4) is 5.75 Å². The van der Waals surface area contributed by atoms with Crippen LogP contribution < -0.4 is 10.5 Å². The molecule has 0 radical (unpaired) electrons. The van der Waals surface area contributed by atoms with Crippen LogP contribution in [0.2, 0.25) is 0 Å². The monoisotopic (exact) mass is 235 g/mol. The maximum absolute atomic E-state index is 13.3. The van der Waals surface area contributed by atoms with E-state index in [0.29, 0.717) is 6.54 Å². The maximum Gasteiger partial charge on any atom is 0.123 e. The van der Waals surface area contributed by atoms with Gasteiger partial charge in [0, 0.05) is 11.5 Å². The fourth-order valence-corrected chi connectivity index (χ4v) is 3.30. The fourth-order valence-electron chi connectivity index (χ4n) is 3.30. The molecule has 0 amide bonds. The van der Waals surface area contributed by atoms with E-state index in [1.807, 2.05) is 0 Å². The van der Waals surface area contributed by atoms with Crippen molar-refractivity contribution < 1.29 is 9.13 Å². The van der Waals surface area contributed by atoms with Crippen LogP contribution in [0, 0.1) is 5.82 Å². The average Bonchev–Trinajstić information content (AvgIpc) is 2.77. The molecule has 17 heavy (non-hydrogen) atoms. The summed E-state index contributed by atoms with van der Waals surface area (Å²) in [6.07, 6.45) is 5.63. The predicted octanol–water partition coefficient (Wildman–Crippen LogP) is 2.96. The Morgan fingerprint density at radius 1 is 1.35 bits per heavy atom. The molecule has 1 aliphatic heterocycles. The van der Waals surface area contributed by atoms with E-state index in [0.717, 1.165) is 30.6 Å². The van der Waals surface area contributed by atoms with E-state index in [1.54, 1.807) is 12.1 Å². The molecular weight excluding hydrogens is 217 g/mol. The summed E-state index contributed by atoms with van der Waals surface area (Å²) >= 11 is 0. The van der Waals surface area contributed by atoms with Gasteiger partial charge < -0.3 is 10.5 Å². The van der Waals surface area contributed by atoms with Gasteiger partial charge in [0.05, 0.1) is 0 Å². The lowest BCUT2D eigenvalue weighted by Gasteiger charge is -2.39. The van der Waals surface area contributed by atoms with E-state index in [4.69, 9.17) is 10.5 Å². The van der Waals surface area contributed by atoms with Crippen molar-refractivity contribution in [3.05, 3.63) is 29.6 Å². The summed E-state index contributed by atoms with van der Waals surface area (Å²) in [4.78, 5) is 0. The van der Waals surface area contributed by atoms with Gasteiger partial charge >= 0.3 is 0 Å². The van der Waals surface area contributed by atoms with Crippen molar-refractivity contribution in [2.24, 2.45) is 5.73 Å². The van der Waals surface area contributed by atoms with Crippen molar-refractivity contribution in [2.75, 3.05) is 6.54 Å². The van der Waals surface area contributed by atoms with Crippen molar-refractivity contribution >= 4 is 0 Å². The first-order valence-corrected chi connectivity index (χ1v) is 6.41. The molecule has 1 aromatic carbocycles. The molecular formula is C14H18FNO. The maximum atomic E-state index is 13.3. The minimum Gasteiger partial charge on any atom is -0.487 e. The summed E-state index contributed by atoms with van der Waals surface area (Å²) in [6.45, 7) is 0.571. The van der Waals surface area contributed by atoms with Gasteiger partial charge in [0.15, 0.2) is 0 Å². The normalized spacial score (nSPS) is 25.6. The highest BCUT2D eigenvalue weighted by Crippen LogP contribution is 2.47. The summed E-state index contributed by atoms with van der Waals surface area (Å²) in [6, 6.07) is 4.81. The third kappa shape index (κ3) is 1.82. The van der Waals surface area contributed by atoms with Crippen LogP contribution in [0.25, 0.3) is 0 Å². The third-order valence-electron chi connectivity index (χ3n) is 4.16. The Bertz CT molecular complexity index is 426. The Labute approximate surface area is 101 Å². The van der Waals surface area contributed by atoms with Crippen molar-refractivity contribution in [1.29, 1.82) is 0 Å². The van der Waals surface area contributed by atoms with Crippen molar-refractivity contribution in [1.82, 2.24) is 0 Å². The topological polar surface area (TPSA) is 35.2 Å². The Hall–Kier alpha value is -1.09. The first-order chi connectivity index (χ1) is 8.22. The molecule has 1 atom stereocenters. The number of rotatable bonds is 1. The number of hydrogen-bond donors (Lipinski definition) is 1. The minimum absolute atomic E-state index is 0.0190. The van der Waals surface area contributed by atoms with E-state index in [1.165, 1.54) is 18.9 Å². The van der Waals surface area contributed by atoms with Gasteiger partial charge in [0.1, 0.15) is 17.2 Å². The fraction of sp³-hybridized carbons (Fsp3) is 0.571. The molecule has 92 valence electrons. The number of halogens is 1. The molecule has 3 rings (SSSR count). The van der Waals surface area contributed by atoms with Gasteiger partial charge in [0.2, 0.25) is 0 Å². The number of ether oxygens (including phenoxy) is 1. The predicted molar refractivity (Wildman–Crippen MR) is 64.6 cm³/mol. The smallest absolute Gasteiger partial charge is 0.123 e. The van der Waals surface area contributed by atoms with Crippen LogP contribution in [0.1, 0.15) is 43.6 Å². The van der Waals surface area contributed by atoms with E-state index >= 15 is 0 Å². The molecule has 0 saturated heterocycles. The third-order valence-corrected chi connectivity index (χ3v) is 4.16. The van der Waals surface area contributed by atoms with Crippen LogP contribution in [0.5, 0.6) is 5.75 Å². The zero-order chi connectivity index (χ0) is 11.9. The highest BCUT2D eigenvalue weighted by atomic mass is 19.1. The van der Waals surface area contributed by atoms with E-state index < -0.39 is 0 Å². The SMILES string of the molecule is NCC1CC2(CCCC2)Oc2ccc(F)cc21. The zero-order valence-electron chi connectivity index (χ0n) is 9.92. The molecule has 1 spiro atoms. The summed E-state index contributed by atoms with van der Waals surface area (Å²) in [7, 11) is 0. The lowest BCUT2D eigenvalue weighted by atomic mass is 9.81. The van der Waals surface area contributed by atoms with Crippen LogP contribution in [0.3, 0.4) is 0 Å². The van der Waals surface area contributed by atoms with E-state index in [-0.39, 0.29) is 17.3 Å². The van der Waals surface area contributed by atoms with Crippen LogP contribution in [0.15, 0.2) is 18.2 Å². The summed E-state index contributed by atoms with van der Waals surface area (Å²) in [5, 5.41) is 0. The molecule has 2 aliphatic rings. The number of benzene rings is 1. The number of nitrogens with two attached hydrogens (primary N) is 1. The van der Waals surface area contributed by atoms with Gasteiger partial charge in [-0.2, -0.15) is 0 Å². The van der Waals surface area contributed by atoms with Crippen LogP contribution in [-0.2, 0) is 0 Å². The van der Waals surface area contributed by atoms with Gasteiger partial charge in [-0.05, 0) is 56.8 Å². The molecule has 1 aromatic rings. The van der Waals surface area contributed by atoms with Gasteiger partial charge in [-0.1, -0.05) is 0 Å². The second-order valence-electron chi connectivity index (χ2n) is 5.31. The molecule has 1 unspecified atom stereocenters. The molecule has 0 bridgehead atoms. The second-order valence-corrected chi connectivity index (χ2v) is 5.31. The lowest BCUT2D eigenvalue weighted by Crippen LogP contribution is -2.40. The molecule has 0 aromatic heterocycles. The summed E-state index contributed by atoms with van der Waals surface area (Å²) in [5.74, 6) is 0.885. The first kappa shape index (κ1) is 11.0. The lowest BCUT2D eigenvalue weighted by molar-refractivity contribution is 0.0427. The molecule has 2 nitrogen and oxygen atoms in total. The Kier molecular flexibility index (Phi) is 2.58. The van der Waals surface area contributed by atoms with Crippen molar-refractivity contribution in [3.63, 3.8) is 0 Å². The van der Waals surface area contributed by atoms with Gasteiger partial charge in [-0.25, -0.2) is 4.39 Å². The number of hydrogen-bond acceptors (Lipinski definition) is 2. The molecule has 1 fully saturated rings. The van der Waals surface area contributed by atoms with Gasteiger partial charge in [-0.3, -0.25) is 0 Å². The number of fused-ring (bicyclic) bond motifs is 1. The standard InChI is InChI=1S/C14H18FNO/c15-11-3-4-13-12(7-11)10(9-16)8-14(17-13)5-1-2-6-14/h3-4,7,10H,1-2,5-6,8-9,16H2. The second kappa shape index (κ2) is 3.98. The molecule has 2 N–H and O–H groups in total. The molecule has 3 heteroatoms. The summed E-state index contributed by atoms with van der Waals surface area (Å²) in [5.41, 5.74) is 6.77. The van der Waals surface area contributed by atoms with Crippen LogP contribution in [-0.4, -0.2) is 12.1 Å². The Balaban J connectivity index is 2.00. The zero-order valence-corrected chi connectivity index (χ0v) is 9.92. The molecule has 1 saturated carbocycles. The van der Waals surface area contributed by atoms with Crippen LogP contribution in [0.4, 0.5) is 4.39 Å². The van der Waals surface area contributed by atoms with Crippen LogP contribution >= 0.6 is 0 Å². The first-order valence-electron chi connectivity index (χ1n) is 6.41. The molecule has 1 heterocycles. The van der Waals surface area contributed by atoms with Gasteiger partial charge in [-0.15, -0.1) is 0 Å². The molecule has 1 aliphatic carbocycles. The average molecular weight is 235 g/mol. The quantitative estimate of drug-likeness (QED) is 0.812. The minimum atomic E-state index is -0.201. The Morgan fingerprint density at radius 3 is 2.82 bits per heavy atom. The highest BCUT2D eigenvalue weighted by Gasteiger charge is 2.42.